The molecular formula is C13H24N2O. The Morgan fingerprint density at radius 1 is 1.44 bits per heavy atom. The molecule has 0 aromatic heterocycles. The van der Waals surface area contributed by atoms with Crippen LogP contribution in [0.3, 0.4) is 0 Å². The Bertz CT molecular complexity index is 224. The average molecular weight is 224 g/mol. The van der Waals surface area contributed by atoms with Crippen LogP contribution in [0.1, 0.15) is 19.8 Å². The lowest BCUT2D eigenvalue weighted by Gasteiger charge is -2.40. The smallest absolute Gasteiger partial charge is 0.0599 e. The van der Waals surface area contributed by atoms with E-state index in [1.807, 2.05) is 0 Å². The van der Waals surface area contributed by atoms with Crippen molar-refractivity contribution in [2.75, 3.05) is 46.4 Å². The summed E-state index contributed by atoms with van der Waals surface area (Å²) < 4.78 is 5.16. The Morgan fingerprint density at radius 3 is 2.88 bits per heavy atom. The van der Waals surface area contributed by atoms with Crippen LogP contribution in [0, 0.1) is 12.3 Å². The van der Waals surface area contributed by atoms with Crippen molar-refractivity contribution in [3.05, 3.63) is 0 Å². The van der Waals surface area contributed by atoms with E-state index in [2.05, 4.69) is 22.6 Å². The van der Waals surface area contributed by atoms with Gasteiger partial charge in [-0.15, -0.1) is 6.42 Å². The molecule has 1 fully saturated rings. The first-order valence-corrected chi connectivity index (χ1v) is 6.20. The minimum absolute atomic E-state index is 0.655. The summed E-state index contributed by atoms with van der Waals surface area (Å²) in [4.78, 5) is 4.92. The van der Waals surface area contributed by atoms with E-state index in [9.17, 15) is 0 Å². The van der Waals surface area contributed by atoms with E-state index in [0.717, 1.165) is 39.3 Å². The van der Waals surface area contributed by atoms with Crippen molar-refractivity contribution >= 4 is 0 Å². The molecule has 0 amide bonds. The Morgan fingerprint density at radius 2 is 2.25 bits per heavy atom. The highest BCUT2D eigenvalue weighted by molar-refractivity contribution is 4.92. The van der Waals surface area contributed by atoms with E-state index in [4.69, 9.17) is 11.2 Å². The van der Waals surface area contributed by atoms with E-state index in [0.29, 0.717) is 6.04 Å². The van der Waals surface area contributed by atoms with Gasteiger partial charge in [0.05, 0.1) is 13.2 Å². The molecule has 16 heavy (non-hydrogen) atoms. The Kier molecular flexibility index (Phi) is 6.47. The molecule has 0 saturated carbocycles. The van der Waals surface area contributed by atoms with Gasteiger partial charge < -0.3 is 4.74 Å². The van der Waals surface area contributed by atoms with Gasteiger partial charge in [0.25, 0.3) is 0 Å². The quantitative estimate of drug-likeness (QED) is 0.627. The summed E-state index contributed by atoms with van der Waals surface area (Å²) >= 11 is 0. The molecule has 1 heterocycles. The highest BCUT2D eigenvalue weighted by Crippen LogP contribution is 2.13. The van der Waals surface area contributed by atoms with Crippen LogP contribution in [0.15, 0.2) is 0 Å². The van der Waals surface area contributed by atoms with E-state index in [1.165, 1.54) is 12.8 Å². The van der Waals surface area contributed by atoms with Crippen LogP contribution in [0.25, 0.3) is 0 Å². The fourth-order valence-electron chi connectivity index (χ4n) is 2.34. The molecule has 1 atom stereocenters. The van der Waals surface area contributed by atoms with Crippen molar-refractivity contribution in [2.45, 2.75) is 25.8 Å². The molecular weight excluding hydrogens is 200 g/mol. The SMILES string of the molecule is C#CCN1CCN(CCOC)[C@@H](CCC)C1. The lowest BCUT2D eigenvalue weighted by molar-refractivity contribution is 0.0530. The Hall–Kier alpha value is -0.560. The normalized spacial score (nSPS) is 23.2. The number of terminal acetylenes is 1. The molecule has 0 bridgehead atoms. The summed E-state index contributed by atoms with van der Waals surface area (Å²) in [5.74, 6) is 2.74. The second kappa shape index (κ2) is 7.67. The zero-order valence-corrected chi connectivity index (χ0v) is 10.6. The predicted octanol–water partition coefficient (Wildman–Crippen LogP) is 1.05. The molecule has 3 heteroatoms. The van der Waals surface area contributed by atoms with Crippen molar-refractivity contribution in [1.82, 2.24) is 9.80 Å². The molecule has 1 rings (SSSR count). The first-order chi connectivity index (χ1) is 7.81. The fraction of sp³-hybridized carbons (Fsp3) is 0.846. The third-order valence-electron chi connectivity index (χ3n) is 3.21. The van der Waals surface area contributed by atoms with Crippen LogP contribution < -0.4 is 0 Å². The molecule has 0 spiro atoms. The Labute approximate surface area is 99.7 Å². The minimum Gasteiger partial charge on any atom is -0.383 e. The third-order valence-corrected chi connectivity index (χ3v) is 3.21. The molecule has 3 nitrogen and oxygen atoms in total. The van der Waals surface area contributed by atoms with Gasteiger partial charge in [-0.2, -0.15) is 0 Å². The molecule has 0 aliphatic carbocycles. The van der Waals surface area contributed by atoms with Crippen LogP contribution in [0.4, 0.5) is 0 Å². The molecule has 0 aromatic rings. The van der Waals surface area contributed by atoms with Crippen LogP contribution in [-0.4, -0.2) is 62.3 Å². The summed E-state index contributed by atoms with van der Waals surface area (Å²) in [5.41, 5.74) is 0. The maximum atomic E-state index is 5.37. The van der Waals surface area contributed by atoms with Gasteiger partial charge in [0.2, 0.25) is 0 Å². The van der Waals surface area contributed by atoms with Crippen LogP contribution >= 0.6 is 0 Å². The highest BCUT2D eigenvalue weighted by Gasteiger charge is 2.25. The van der Waals surface area contributed by atoms with Gasteiger partial charge in [0.1, 0.15) is 0 Å². The highest BCUT2D eigenvalue weighted by atomic mass is 16.5. The van der Waals surface area contributed by atoms with Crippen molar-refractivity contribution in [3.63, 3.8) is 0 Å². The van der Waals surface area contributed by atoms with E-state index < -0.39 is 0 Å². The summed E-state index contributed by atoms with van der Waals surface area (Å²) in [7, 11) is 1.77. The molecule has 0 radical (unpaired) electrons. The molecule has 1 saturated heterocycles. The topological polar surface area (TPSA) is 15.7 Å². The summed E-state index contributed by atoms with van der Waals surface area (Å²) in [6.07, 6.45) is 7.86. The number of hydrogen-bond donors (Lipinski definition) is 0. The molecule has 1 aliphatic rings. The average Bonchev–Trinajstić information content (AvgIpc) is 2.29. The monoisotopic (exact) mass is 224 g/mol. The standard InChI is InChI=1S/C13H24N2O/c1-4-6-13-12-14(7-5-2)8-9-15(13)10-11-16-3/h2,13H,4,6-12H2,1,3H3/t13-/m0/s1. The minimum atomic E-state index is 0.655. The number of methoxy groups -OCH3 is 1. The lowest BCUT2D eigenvalue weighted by Crippen LogP contribution is -2.53. The van der Waals surface area contributed by atoms with Gasteiger partial charge in [-0.1, -0.05) is 19.3 Å². The van der Waals surface area contributed by atoms with E-state index in [1.54, 1.807) is 7.11 Å². The van der Waals surface area contributed by atoms with Crippen LogP contribution in [0.2, 0.25) is 0 Å². The Balaban J connectivity index is 2.43. The largest absolute Gasteiger partial charge is 0.383 e. The van der Waals surface area contributed by atoms with E-state index in [-0.39, 0.29) is 0 Å². The maximum absolute atomic E-state index is 5.37. The number of piperazine rings is 1. The van der Waals surface area contributed by atoms with Gasteiger partial charge in [-0.05, 0) is 6.42 Å². The van der Waals surface area contributed by atoms with E-state index >= 15 is 0 Å². The summed E-state index contributed by atoms with van der Waals surface area (Å²) in [5, 5.41) is 0. The second-order valence-corrected chi connectivity index (χ2v) is 4.41. The molecule has 1 aliphatic heterocycles. The van der Waals surface area contributed by atoms with Gasteiger partial charge in [0, 0.05) is 39.3 Å². The van der Waals surface area contributed by atoms with Crippen molar-refractivity contribution in [1.29, 1.82) is 0 Å². The lowest BCUT2D eigenvalue weighted by atomic mass is 10.1. The molecule has 0 N–H and O–H groups in total. The maximum Gasteiger partial charge on any atom is 0.0599 e. The van der Waals surface area contributed by atoms with Gasteiger partial charge in [-0.3, -0.25) is 9.80 Å². The molecule has 92 valence electrons. The molecule has 0 aromatic carbocycles. The number of hydrogen-bond acceptors (Lipinski definition) is 3. The zero-order chi connectivity index (χ0) is 11.8. The number of nitrogens with zero attached hydrogens (tertiary/aromatic N) is 2. The predicted molar refractivity (Wildman–Crippen MR) is 67.4 cm³/mol. The summed E-state index contributed by atoms with van der Waals surface area (Å²) in [6.45, 7) is 8.24. The first-order valence-electron chi connectivity index (χ1n) is 6.20. The van der Waals surface area contributed by atoms with Crippen molar-refractivity contribution < 1.29 is 4.74 Å². The first kappa shape index (κ1) is 13.5. The fourth-order valence-corrected chi connectivity index (χ4v) is 2.34. The van der Waals surface area contributed by atoms with Crippen molar-refractivity contribution in [2.24, 2.45) is 0 Å². The van der Waals surface area contributed by atoms with Gasteiger partial charge >= 0.3 is 0 Å². The second-order valence-electron chi connectivity index (χ2n) is 4.41. The zero-order valence-electron chi connectivity index (χ0n) is 10.6. The van der Waals surface area contributed by atoms with Gasteiger partial charge in [0.15, 0.2) is 0 Å². The third kappa shape index (κ3) is 4.13. The molecule has 0 unspecified atom stereocenters. The number of ether oxygens (including phenoxy) is 1. The summed E-state index contributed by atoms with van der Waals surface area (Å²) in [6, 6.07) is 0.655. The van der Waals surface area contributed by atoms with Gasteiger partial charge in [-0.25, -0.2) is 0 Å². The number of rotatable bonds is 6. The van der Waals surface area contributed by atoms with Crippen LogP contribution in [0.5, 0.6) is 0 Å². The van der Waals surface area contributed by atoms with Crippen molar-refractivity contribution in [3.8, 4) is 12.3 Å². The van der Waals surface area contributed by atoms with Crippen LogP contribution in [-0.2, 0) is 4.74 Å².